The van der Waals surface area contributed by atoms with Crippen molar-refractivity contribution >= 4 is 23.2 Å². The predicted molar refractivity (Wildman–Crippen MR) is 110 cm³/mol. The molecule has 2 amide bonds. The van der Waals surface area contributed by atoms with Crippen LogP contribution in [-0.2, 0) is 11.3 Å². The van der Waals surface area contributed by atoms with Crippen molar-refractivity contribution in [1.29, 1.82) is 0 Å². The molecule has 0 fully saturated rings. The molecule has 0 saturated heterocycles. The summed E-state index contributed by atoms with van der Waals surface area (Å²) in [4.78, 5) is 26.5. The molecule has 0 atom stereocenters. The summed E-state index contributed by atoms with van der Waals surface area (Å²) in [6.45, 7) is -0.0693. The Kier molecular flexibility index (Phi) is 5.34. The van der Waals surface area contributed by atoms with Crippen LogP contribution in [-0.4, -0.2) is 25.5 Å². The Morgan fingerprint density at radius 2 is 1.90 bits per heavy atom. The maximum atomic E-state index is 14.1. The molecule has 7 heteroatoms. The lowest BCUT2D eigenvalue weighted by atomic mass is 10.1. The molecule has 4 rings (SSSR count). The number of benzene rings is 3. The second kappa shape index (κ2) is 8.24. The summed E-state index contributed by atoms with van der Waals surface area (Å²) < 4.78 is 24.8. The quantitative estimate of drug-likeness (QED) is 0.695. The molecule has 30 heavy (non-hydrogen) atoms. The molecule has 1 heterocycles. The molecule has 152 valence electrons. The van der Waals surface area contributed by atoms with Crippen LogP contribution >= 0.6 is 0 Å². The first-order valence-corrected chi connectivity index (χ1v) is 9.32. The number of para-hydroxylation sites is 1. The molecule has 0 unspecified atom stereocenters. The second-order valence-electron chi connectivity index (χ2n) is 6.70. The zero-order valence-electron chi connectivity index (χ0n) is 16.2. The van der Waals surface area contributed by atoms with Gasteiger partial charge in [0.05, 0.1) is 24.9 Å². The number of nitrogens with zero attached hydrogens (tertiary/aromatic N) is 1. The number of fused-ring (bicyclic) bond motifs is 1. The minimum atomic E-state index is -0.376. The summed E-state index contributed by atoms with van der Waals surface area (Å²) in [7, 11) is 1.50. The number of methoxy groups -OCH3 is 1. The van der Waals surface area contributed by atoms with Crippen molar-refractivity contribution < 1.29 is 23.5 Å². The van der Waals surface area contributed by atoms with Crippen molar-refractivity contribution in [3.8, 4) is 11.5 Å². The molecule has 1 N–H and O–H groups in total. The van der Waals surface area contributed by atoms with E-state index in [1.165, 1.54) is 18.1 Å². The van der Waals surface area contributed by atoms with Crippen molar-refractivity contribution in [2.24, 2.45) is 0 Å². The van der Waals surface area contributed by atoms with Gasteiger partial charge in [-0.3, -0.25) is 9.59 Å². The number of anilines is 2. The van der Waals surface area contributed by atoms with E-state index >= 15 is 0 Å². The molecular formula is C23H19FN2O4. The molecule has 0 bridgehead atoms. The molecule has 1 aliphatic rings. The number of ether oxygens (including phenoxy) is 2. The number of hydrogen-bond acceptors (Lipinski definition) is 4. The van der Waals surface area contributed by atoms with Gasteiger partial charge in [-0.05, 0) is 30.3 Å². The Labute approximate surface area is 172 Å². The third kappa shape index (κ3) is 3.82. The van der Waals surface area contributed by atoms with E-state index < -0.39 is 0 Å². The van der Waals surface area contributed by atoms with Gasteiger partial charge in [0.15, 0.2) is 6.61 Å². The van der Waals surface area contributed by atoms with E-state index in [0.717, 1.165) is 0 Å². The largest absolute Gasteiger partial charge is 0.496 e. The summed E-state index contributed by atoms with van der Waals surface area (Å²) in [6, 6.07) is 18.2. The average Bonchev–Trinajstić information content (AvgIpc) is 2.77. The van der Waals surface area contributed by atoms with E-state index in [9.17, 15) is 14.0 Å². The smallest absolute Gasteiger partial charge is 0.265 e. The van der Waals surface area contributed by atoms with Gasteiger partial charge in [-0.2, -0.15) is 0 Å². The van der Waals surface area contributed by atoms with Crippen molar-refractivity contribution in [3.63, 3.8) is 0 Å². The average molecular weight is 406 g/mol. The maximum absolute atomic E-state index is 14.1. The summed E-state index contributed by atoms with van der Waals surface area (Å²) >= 11 is 0. The maximum Gasteiger partial charge on any atom is 0.265 e. The molecule has 3 aromatic carbocycles. The van der Waals surface area contributed by atoms with E-state index in [-0.39, 0.29) is 30.8 Å². The van der Waals surface area contributed by atoms with Crippen LogP contribution in [0.4, 0.5) is 15.8 Å². The summed E-state index contributed by atoms with van der Waals surface area (Å²) in [5.41, 5.74) is 1.83. The van der Waals surface area contributed by atoms with Gasteiger partial charge in [-0.1, -0.05) is 30.3 Å². The number of rotatable bonds is 5. The molecule has 0 spiro atoms. The van der Waals surface area contributed by atoms with Crippen LogP contribution in [0.1, 0.15) is 15.9 Å². The lowest BCUT2D eigenvalue weighted by Gasteiger charge is -2.30. The number of amides is 2. The van der Waals surface area contributed by atoms with Crippen LogP contribution in [0.25, 0.3) is 0 Å². The number of nitrogens with one attached hydrogen (secondary N) is 1. The fraction of sp³-hybridized carbons (Fsp3) is 0.130. The van der Waals surface area contributed by atoms with E-state index in [1.54, 1.807) is 60.7 Å². The highest BCUT2D eigenvalue weighted by Crippen LogP contribution is 2.36. The van der Waals surface area contributed by atoms with Crippen molar-refractivity contribution in [2.75, 3.05) is 23.9 Å². The molecule has 0 radical (unpaired) electrons. The lowest BCUT2D eigenvalue weighted by Crippen LogP contribution is -2.38. The van der Waals surface area contributed by atoms with E-state index in [1.807, 2.05) is 0 Å². The van der Waals surface area contributed by atoms with Gasteiger partial charge in [0.25, 0.3) is 11.8 Å². The Morgan fingerprint density at radius 1 is 1.13 bits per heavy atom. The van der Waals surface area contributed by atoms with Crippen LogP contribution in [0.3, 0.4) is 0 Å². The van der Waals surface area contributed by atoms with E-state index in [0.29, 0.717) is 34.0 Å². The van der Waals surface area contributed by atoms with Gasteiger partial charge in [0.2, 0.25) is 0 Å². The molecule has 0 aliphatic carbocycles. The highest BCUT2D eigenvalue weighted by atomic mass is 19.1. The third-order valence-corrected chi connectivity index (χ3v) is 4.80. The fourth-order valence-corrected chi connectivity index (χ4v) is 3.28. The van der Waals surface area contributed by atoms with Crippen LogP contribution in [0.5, 0.6) is 11.5 Å². The predicted octanol–water partition coefficient (Wildman–Crippen LogP) is 4.01. The Bertz CT molecular complexity index is 1120. The van der Waals surface area contributed by atoms with Gasteiger partial charge in [0, 0.05) is 17.3 Å². The van der Waals surface area contributed by atoms with Crippen LogP contribution in [0.15, 0.2) is 66.7 Å². The molecule has 0 saturated carbocycles. The zero-order valence-corrected chi connectivity index (χ0v) is 16.2. The molecule has 1 aliphatic heterocycles. The normalized spacial score (nSPS) is 12.7. The summed E-state index contributed by atoms with van der Waals surface area (Å²) in [5.74, 6) is -0.0762. The minimum Gasteiger partial charge on any atom is -0.496 e. The standard InChI is InChI=1S/C23H19FN2O4/c1-29-20-9-5-3-7-17(20)23(28)25-16-10-11-19-21(12-16)30-14-22(27)26(19)13-15-6-2-4-8-18(15)24/h2-12H,13-14H2,1H3,(H,25,28). The van der Waals surface area contributed by atoms with Gasteiger partial charge < -0.3 is 19.7 Å². The van der Waals surface area contributed by atoms with Gasteiger partial charge in [-0.25, -0.2) is 4.39 Å². The van der Waals surface area contributed by atoms with Gasteiger partial charge >= 0.3 is 0 Å². The van der Waals surface area contributed by atoms with E-state index in [4.69, 9.17) is 9.47 Å². The molecule has 6 nitrogen and oxygen atoms in total. The summed E-state index contributed by atoms with van der Waals surface area (Å²) in [5, 5.41) is 2.81. The first kappa shape index (κ1) is 19.4. The third-order valence-electron chi connectivity index (χ3n) is 4.80. The lowest BCUT2D eigenvalue weighted by molar-refractivity contribution is -0.121. The number of carbonyl (C=O) groups is 2. The molecule has 3 aromatic rings. The molecule has 0 aromatic heterocycles. The van der Waals surface area contributed by atoms with Crippen molar-refractivity contribution in [2.45, 2.75) is 6.54 Å². The Hall–Kier alpha value is -3.87. The van der Waals surface area contributed by atoms with Crippen molar-refractivity contribution in [1.82, 2.24) is 0 Å². The molecular weight excluding hydrogens is 387 g/mol. The number of carbonyl (C=O) groups excluding carboxylic acids is 2. The Morgan fingerprint density at radius 3 is 2.70 bits per heavy atom. The first-order valence-electron chi connectivity index (χ1n) is 9.32. The minimum absolute atomic E-state index is 0.0921. The van der Waals surface area contributed by atoms with Crippen LogP contribution in [0, 0.1) is 5.82 Å². The monoisotopic (exact) mass is 406 g/mol. The second-order valence-corrected chi connectivity index (χ2v) is 6.70. The fourth-order valence-electron chi connectivity index (χ4n) is 3.28. The van der Waals surface area contributed by atoms with Crippen LogP contribution in [0.2, 0.25) is 0 Å². The van der Waals surface area contributed by atoms with Gasteiger partial charge in [-0.15, -0.1) is 0 Å². The Balaban J connectivity index is 1.58. The first-order chi connectivity index (χ1) is 14.6. The SMILES string of the molecule is COc1ccccc1C(=O)Nc1ccc2c(c1)OCC(=O)N2Cc1ccccc1F. The van der Waals surface area contributed by atoms with Crippen LogP contribution < -0.4 is 19.7 Å². The van der Waals surface area contributed by atoms with E-state index in [2.05, 4.69) is 5.32 Å². The number of halogens is 1. The topological polar surface area (TPSA) is 67.9 Å². The highest BCUT2D eigenvalue weighted by molar-refractivity contribution is 6.06. The highest BCUT2D eigenvalue weighted by Gasteiger charge is 2.27. The van der Waals surface area contributed by atoms with Gasteiger partial charge in [0.1, 0.15) is 17.3 Å². The van der Waals surface area contributed by atoms with Crippen molar-refractivity contribution in [3.05, 3.63) is 83.7 Å². The summed E-state index contributed by atoms with van der Waals surface area (Å²) in [6.07, 6.45) is 0. The number of hydrogen-bond donors (Lipinski definition) is 1. The zero-order chi connectivity index (χ0) is 21.1.